The van der Waals surface area contributed by atoms with Crippen LogP contribution in [0.4, 0.5) is 11.5 Å². The number of nitrogens with zero attached hydrogens (tertiary/aromatic N) is 2. The minimum absolute atomic E-state index is 0.0161. The average molecular weight is 460 g/mol. The number of hydrogen-bond acceptors (Lipinski definition) is 5. The predicted molar refractivity (Wildman–Crippen MR) is 137 cm³/mol. The molecule has 0 unspecified atom stereocenters. The fraction of sp³-hybridized carbons (Fsp3) is 0.370. The lowest BCUT2D eigenvalue weighted by Gasteiger charge is -2.27. The molecule has 1 aromatic heterocycles. The molecule has 2 heterocycles. The third-order valence-corrected chi connectivity index (χ3v) is 6.45. The van der Waals surface area contributed by atoms with Crippen LogP contribution in [0.25, 0.3) is 10.8 Å². The molecular weight excluding hydrogens is 426 g/mol. The van der Waals surface area contributed by atoms with E-state index in [9.17, 15) is 9.59 Å². The van der Waals surface area contributed by atoms with E-state index in [1.54, 1.807) is 13.2 Å². The summed E-state index contributed by atoms with van der Waals surface area (Å²) in [6.45, 7) is 4.88. The molecule has 3 aromatic rings. The van der Waals surface area contributed by atoms with Gasteiger partial charge >= 0.3 is 0 Å². The summed E-state index contributed by atoms with van der Waals surface area (Å²) in [6, 6.07) is 18.3. The third-order valence-electron chi connectivity index (χ3n) is 6.45. The Balaban J connectivity index is 1.42. The van der Waals surface area contributed by atoms with E-state index in [1.165, 1.54) is 10.8 Å². The fourth-order valence-electron chi connectivity index (χ4n) is 4.37. The summed E-state index contributed by atoms with van der Waals surface area (Å²) < 4.78 is 0. The zero-order chi connectivity index (χ0) is 24.1. The molecule has 178 valence electrons. The van der Waals surface area contributed by atoms with Crippen LogP contribution in [0.1, 0.15) is 25.8 Å². The Bertz CT molecular complexity index is 1160. The molecule has 34 heavy (non-hydrogen) atoms. The van der Waals surface area contributed by atoms with E-state index in [-0.39, 0.29) is 29.8 Å². The molecule has 0 bridgehead atoms. The molecular formula is C27H33N5O2. The summed E-state index contributed by atoms with van der Waals surface area (Å²) in [7, 11) is 1.75. The minimum atomic E-state index is -0.261. The first-order valence-electron chi connectivity index (χ1n) is 11.9. The number of likely N-dealkylation sites (N-methyl/N-ethyl adjacent to an activating group) is 1. The standard InChI is InChI=1S/C27H33N5O2/c1-18(16-31-27(34)19(2)28-3)13-25(33)32-24(15-22-9-6-12-29-26(22)32)17-30-23-11-10-20-7-4-5-8-21(20)14-23/h4-12,14,18-19,24,28,30H,13,15-17H2,1-3H3,(H,31,34)/t18-,19-,24-/m0/s1. The zero-order valence-corrected chi connectivity index (χ0v) is 20.0. The lowest BCUT2D eigenvalue weighted by Crippen LogP contribution is -2.44. The van der Waals surface area contributed by atoms with Gasteiger partial charge in [0.25, 0.3) is 0 Å². The average Bonchev–Trinajstić information content (AvgIpc) is 3.24. The van der Waals surface area contributed by atoms with Crippen molar-refractivity contribution in [2.45, 2.75) is 38.8 Å². The van der Waals surface area contributed by atoms with Gasteiger partial charge in [0.15, 0.2) is 0 Å². The van der Waals surface area contributed by atoms with Crippen molar-refractivity contribution in [1.82, 2.24) is 15.6 Å². The second-order valence-corrected chi connectivity index (χ2v) is 9.12. The van der Waals surface area contributed by atoms with E-state index in [1.807, 2.05) is 43.0 Å². The molecule has 2 amide bonds. The number of benzene rings is 2. The molecule has 0 fully saturated rings. The predicted octanol–water partition coefficient (Wildman–Crippen LogP) is 3.35. The van der Waals surface area contributed by atoms with Crippen molar-refractivity contribution in [1.29, 1.82) is 0 Å². The highest BCUT2D eigenvalue weighted by Gasteiger charge is 2.35. The molecule has 0 saturated carbocycles. The maximum Gasteiger partial charge on any atom is 0.236 e. The zero-order valence-electron chi connectivity index (χ0n) is 20.0. The van der Waals surface area contributed by atoms with Gasteiger partial charge in [-0.1, -0.05) is 43.3 Å². The summed E-state index contributed by atoms with van der Waals surface area (Å²) in [6.07, 6.45) is 2.85. The highest BCUT2D eigenvalue weighted by molar-refractivity contribution is 5.95. The Morgan fingerprint density at radius 2 is 1.88 bits per heavy atom. The molecule has 3 atom stereocenters. The maximum atomic E-state index is 13.4. The van der Waals surface area contributed by atoms with Crippen molar-refractivity contribution in [3.05, 3.63) is 66.4 Å². The summed E-state index contributed by atoms with van der Waals surface area (Å²) in [5.41, 5.74) is 2.12. The van der Waals surface area contributed by atoms with Gasteiger partial charge in [-0.05, 0) is 60.8 Å². The number of carbonyl (C=O) groups excluding carboxylic acids is 2. The molecule has 7 heteroatoms. The number of amides is 2. The van der Waals surface area contributed by atoms with Gasteiger partial charge in [-0.2, -0.15) is 0 Å². The van der Waals surface area contributed by atoms with Crippen LogP contribution in [0.2, 0.25) is 0 Å². The SMILES string of the molecule is CN[C@@H](C)C(=O)NC[C@@H](C)CC(=O)N1c2ncccc2C[C@H]1CNc1ccc2ccccc2c1. The summed E-state index contributed by atoms with van der Waals surface area (Å²) in [5.74, 6) is 0.735. The highest BCUT2D eigenvalue weighted by atomic mass is 16.2. The molecule has 4 rings (SSSR count). The first-order chi connectivity index (χ1) is 16.5. The lowest BCUT2D eigenvalue weighted by atomic mass is 10.1. The van der Waals surface area contributed by atoms with Crippen molar-refractivity contribution in [2.75, 3.05) is 30.4 Å². The van der Waals surface area contributed by atoms with Gasteiger partial charge in [-0.3, -0.25) is 14.5 Å². The first kappa shape index (κ1) is 23.7. The topological polar surface area (TPSA) is 86.4 Å². The largest absolute Gasteiger partial charge is 0.383 e. The fourth-order valence-corrected chi connectivity index (χ4v) is 4.37. The van der Waals surface area contributed by atoms with Crippen molar-refractivity contribution in [3.63, 3.8) is 0 Å². The Kier molecular flexibility index (Phi) is 7.43. The molecule has 0 spiro atoms. The molecule has 0 saturated heterocycles. The first-order valence-corrected chi connectivity index (χ1v) is 11.9. The van der Waals surface area contributed by atoms with Crippen molar-refractivity contribution < 1.29 is 9.59 Å². The van der Waals surface area contributed by atoms with E-state index < -0.39 is 0 Å². The number of rotatable bonds is 9. The third kappa shape index (κ3) is 5.37. The summed E-state index contributed by atoms with van der Waals surface area (Å²) in [5, 5.41) is 11.8. The maximum absolute atomic E-state index is 13.4. The minimum Gasteiger partial charge on any atom is -0.383 e. The Morgan fingerprint density at radius 1 is 1.09 bits per heavy atom. The quantitative estimate of drug-likeness (QED) is 0.457. The molecule has 0 radical (unpaired) electrons. The number of aromatic nitrogens is 1. The van der Waals surface area contributed by atoms with Crippen LogP contribution in [0.3, 0.4) is 0 Å². The molecule has 2 aromatic carbocycles. The normalized spacial score (nSPS) is 16.7. The van der Waals surface area contributed by atoms with Gasteiger partial charge in [-0.25, -0.2) is 4.98 Å². The molecule has 1 aliphatic heterocycles. The second kappa shape index (κ2) is 10.7. The van der Waals surface area contributed by atoms with E-state index in [4.69, 9.17) is 0 Å². The number of fused-ring (bicyclic) bond motifs is 2. The molecule has 3 N–H and O–H groups in total. The Hall–Kier alpha value is -3.45. The number of pyridine rings is 1. The second-order valence-electron chi connectivity index (χ2n) is 9.12. The van der Waals surface area contributed by atoms with Gasteiger partial charge in [0.2, 0.25) is 11.8 Å². The summed E-state index contributed by atoms with van der Waals surface area (Å²) in [4.78, 5) is 31.8. The van der Waals surface area contributed by atoms with Crippen molar-refractivity contribution >= 4 is 34.1 Å². The van der Waals surface area contributed by atoms with Crippen molar-refractivity contribution in [3.8, 4) is 0 Å². The van der Waals surface area contributed by atoms with Crippen LogP contribution in [-0.2, 0) is 16.0 Å². The van der Waals surface area contributed by atoms with Crippen LogP contribution in [0.15, 0.2) is 60.8 Å². The molecule has 1 aliphatic rings. The number of hydrogen-bond donors (Lipinski definition) is 3. The van der Waals surface area contributed by atoms with E-state index >= 15 is 0 Å². The Morgan fingerprint density at radius 3 is 2.68 bits per heavy atom. The summed E-state index contributed by atoms with van der Waals surface area (Å²) >= 11 is 0. The molecule has 7 nitrogen and oxygen atoms in total. The van der Waals surface area contributed by atoms with E-state index in [0.717, 1.165) is 23.5 Å². The number of nitrogens with one attached hydrogen (secondary N) is 3. The Labute approximate surface area is 200 Å². The van der Waals surface area contributed by atoms with Crippen LogP contribution in [0.5, 0.6) is 0 Å². The van der Waals surface area contributed by atoms with Gasteiger partial charge in [0.1, 0.15) is 5.82 Å². The van der Waals surface area contributed by atoms with E-state index in [0.29, 0.717) is 19.5 Å². The van der Waals surface area contributed by atoms with E-state index in [2.05, 4.69) is 51.3 Å². The lowest BCUT2D eigenvalue weighted by molar-refractivity contribution is -0.123. The van der Waals surface area contributed by atoms with Crippen LogP contribution < -0.4 is 20.9 Å². The van der Waals surface area contributed by atoms with Crippen LogP contribution in [0, 0.1) is 5.92 Å². The van der Waals surface area contributed by atoms with Crippen molar-refractivity contribution in [2.24, 2.45) is 5.92 Å². The molecule has 0 aliphatic carbocycles. The van der Waals surface area contributed by atoms with Gasteiger partial charge in [-0.15, -0.1) is 0 Å². The van der Waals surface area contributed by atoms with Gasteiger partial charge in [0.05, 0.1) is 12.1 Å². The highest BCUT2D eigenvalue weighted by Crippen LogP contribution is 2.31. The number of carbonyl (C=O) groups is 2. The van der Waals surface area contributed by atoms with Gasteiger partial charge in [0, 0.05) is 31.4 Å². The monoisotopic (exact) mass is 459 g/mol. The van der Waals surface area contributed by atoms with Crippen LogP contribution in [-0.4, -0.2) is 49.0 Å². The van der Waals surface area contributed by atoms with Gasteiger partial charge < -0.3 is 16.0 Å². The number of anilines is 2. The van der Waals surface area contributed by atoms with Crippen LogP contribution >= 0.6 is 0 Å². The smallest absolute Gasteiger partial charge is 0.236 e.